The molecule has 1 aromatic carbocycles. The maximum atomic E-state index is 12.2. The highest BCUT2D eigenvalue weighted by Crippen LogP contribution is 2.40. The van der Waals surface area contributed by atoms with Crippen LogP contribution in [0.15, 0.2) is 18.3 Å². The average Bonchev–Trinajstić information content (AvgIpc) is 3.23. The molecular weight excluding hydrogens is 386 g/mol. The van der Waals surface area contributed by atoms with Crippen LogP contribution in [0.5, 0.6) is 17.2 Å². The number of aromatic nitrogens is 3. The molecule has 1 atom stereocenters. The zero-order valence-corrected chi connectivity index (χ0v) is 18.3. The molecule has 1 fully saturated rings. The largest absolute Gasteiger partial charge is 0.493 e. The number of carbonyl (C=O) groups is 1. The van der Waals surface area contributed by atoms with Crippen LogP contribution in [-0.2, 0) is 6.54 Å². The molecule has 30 heavy (non-hydrogen) atoms. The Kier molecular flexibility index (Phi) is 7.15. The molecule has 0 unspecified atom stereocenters. The Balaban J connectivity index is 1.72. The first-order valence-corrected chi connectivity index (χ1v) is 10.2. The fourth-order valence-corrected chi connectivity index (χ4v) is 3.81. The Labute approximate surface area is 177 Å². The first kappa shape index (κ1) is 21.9. The number of nitrogens with zero attached hydrogens (tertiary/aromatic N) is 4. The second-order valence-electron chi connectivity index (χ2n) is 7.74. The molecule has 0 saturated carbocycles. The monoisotopic (exact) mass is 417 g/mol. The van der Waals surface area contributed by atoms with Crippen LogP contribution in [0.4, 0.5) is 0 Å². The Hall–Kier alpha value is -2.81. The van der Waals surface area contributed by atoms with Crippen LogP contribution in [0, 0.1) is 0 Å². The molecule has 1 aliphatic heterocycles. The number of benzene rings is 1. The highest BCUT2D eigenvalue weighted by atomic mass is 16.5. The second-order valence-corrected chi connectivity index (χ2v) is 7.74. The summed E-state index contributed by atoms with van der Waals surface area (Å²) in [4.78, 5) is 14.5. The number of nitrogens with one attached hydrogen (secondary N) is 1. The lowest BCUT2D eigenvalue weighted by Crippen LogP contribution is -2.36. The summed E-state index contributed by atoms with van der Waals surface area (Å²) in [6.45, 7) is 6.35. The van der Waals surface area contributed by atoms with E-state index in [0.717, 1.165) is 38.0 Å². The Morgan fingerprint density at radius 1 is 1.20 bits per heavy atom. The minimum Gasteiger partial charge on any atom is -0.493 e. The van der Waals surface area contributed by atoms with E-state index in [1.165, 1.54) is 0 Å². The predicted molar refractivity (Wildman–Crippen MR) is 112 cm³/mol. The van der Waals surface area contributed by atoms with Crippen molar-refractivity contribution >= 4 is 5.91 Å². The van der Waals surface area contributed by atoms with Gasteiger partial charge in [0, 0.05) is 24.7 Å². The van der Waals surface area contributed by atoms with Gasteiger partial charge < -0.3 is 19.5 Å². The van der Waals surface area contributed by atoms with E-state index >= 15 is 0 Å². The number of methoxy groups -OCH3 is 3. The minimum atomic E-state index is -0.195. The van der Waals surface area contributed by atoms with Gasteiger partial charge in [-0.05, 0) is 39.3 Å². The van der Waals surface area contributed by atoms with Crippen LogP contribution >= 0.6 is 0 Å². The summed E-state index contributed by atoms with van der Waals surface area (Å²) in [6, 6.07) is 4.13. The topological polar surface area (TPSA) is 90.7 Å². The Morgan fingerprint density at radius 2 is 1.97 bits per heavy atom. The highest BCUT2D eigenvalue weighted by Gasteiger charge is 2.25. The van der Waals surface area contributed by atoms with Gasteiger partial charge >= 0.3 is 0 Å². The van der Waals surface area contributed by atoms with E-state index in [9.17, 15) is 4.79 Å². The van der Waals surface area contributed by atoms with Crippen molar-refractivity contribution in [3.63, 3.8) is 0 Å². The number of rotatable bonds is 8. The third kappa shape index (κ3) is 4.84. The van der Waals surface area contributed by atoms with Gasteiger partial charge in [-0.1, -0.05) is 11.3 Å². The van der Waals surface area contributed by atoms with Crippen molar-refractivity contribution < 1.29 is 19.0 Å². The smallest absolute Gasteiger partial charge is 0.273 e. The van der Waals surface area contributed by atoms with E-state index in [0.29, 0.717) is 22.9 Å². The highest BCUT2D eigenvalue weighted by molar-refractivity contribution is 5.91. The first-order valence-electron chi connectivity index (χ1n) is 10.2. The molecule has 164 valence electrons. The molecule has 2 aromatic rings. The third-order valence-electron chi connectivity index (χ3n) is 5.20. The zero-order chi connectivity index (χ0) is 21.7. The van der Waals surface area contributed by atoms with Gasteiger partial charge in [-0.15, -0.1) is 5.10 Å². The number of amides is 1. The minimum absolute atomic E-state index is 0.0595. The molecule has 0 radical (unpaired) electrons. The molecule has 9 heteroatoms. The van der Waals surface area contributed by atoms with Crippen molar-refractivity contribution in [1.82, 2.24) is 25.2 Å². The van der Waals surface area contributed by atoms with E-state index < -0.39 is 0 Å². The fraction of sp³-hybridized carbons (Fsp3) is 0.571. The van der Waals surface area contributed by atoms with Gasteiger partial charge in [0.25, 0.3) is 5.91 Å². The summed E-state index contributed by atoms with van der Waals surface area (Å²) in [6.07, 6.45) is 3.77. The Morgan fingerprint density at radius 3 is 2.63 bits per heavy atom. The SMILES string of the molecule is COc1ccc(CN2CCC[C@H](n3cc(C(=O)NC(C)C)nn3)C2)c(OC)c1OC. The molecule has 3 rings (SSSR count). The van der Waals surface area contributed by atoms with Crippen LogP contribution < -0.4 is 19.5 Å². The van der Waals surface area contributed by atoms with Crippen molar-refractivity contribution in [2.75, 3.05) is 34.4 Å². The van der Waals surface area contributed by atoms with E-state index in [2.05, 4.69) is 20.5 Å². The second kappa shape index (κ2) is 9.80. The maximum Gasteiger partial charge on any atom is 0.273 e. The summed E-state index contributed by atoms with van der Waals surface area (Å²) in [5, 5.41) is 11.1. The van der Waals surface area contributed by atoms with Crippen molar-refractivity contribution in [2.45, 2.75) is 45.3 Å². The normalized spacial score (nSPS) is 17.1. The van der Waals surface area contributed by atoms with Crippen LogP contribution in [0.2, 0.25) is 0 Å². The van der Waals surface area contributed by atoms with Crippen molar-refractivity contribution in [3.05, 3.63) is 29.6 Å². The molecule has 2 heterocycles. The molecule has 9 nitrogen and oxygen atoms in total. The van der Waals surface area contributed by atoms with Gasteiger partial charge in [0.1, 0.15) is 0 Å². The van der Waals surface area contributed by atoms with Gasteiger partial charge in [0.15, 0.2) is 17.2 Å². The molecule has 1 saturated heterocycles. The quantitative estimate of drug-likeness (QED) is 0.705. The van der Waals surface area contributed by atoms with Crippen LogP contribution in [0.3, 0.4) is 0 Å². The summed E-state index contributed by atoms with van der Waals surface area (Å²) >= 11 is 0. The molecule has 1 aromatic heterocycles. The predicted octanol–water partition coefficient (Wildman–Crippen LogP) is 2.28. The van der Waals surface area contributed by atoms with Crippen molar-refractivity contribution in [3.8, 4) is 17.2 Å². The van der Waals surface area contributed by atoms with E-state index in [-0.39, 0.29) is 18.0 Å². The Bertz CT molecular complexity index is 867. The number of carbonyl (C=O) groups excluding carboxylic acids is 1. The van der Waals surface area contributed by atoms with Gasteiger partial charge in [0.2, 0.25) is 5.75 Å². The number of hydrogen-bond donors (Lipinski definition) is 1. The number of likely N-dealkylation sites (tertiary alicyclic amines) is 1. The average molecular weight is 418 g/mol. The van der Waals surface area contributed by atoms with Gasteiger partial charge in [-0.3, -0.25) is 9.69 Å². The summed E-state index contributed by atoms with van der Waals surface area (Å²) in [7, 11) is 4.86. The lowest BCUT2D eigenvalue weighted by Gasteiger charge is -2.33. The van der Waals surface area contributed by atoms with Crippen LogP contribution in [0.25, 0.3) is 0 Å². The third-order valence-corrected chi connectivity index (χ3v) is 5.20. The number of hydrogen-bond acceptors (Lipinski definition) is 7. The summed E-state index contributed by atoms with van der Waals surface area (Å²) in [5.74, 6) is 1.74. The molecule has 1 N–H and O–H groups in total. The van der Waals surface area contributed by atoms with E-state index in [4.69, 9.17) is 14.2 Å². The first-order chi connectivity index (χ1) is 14.5. The van der Waals surface area contributed by atoms with E-state index in [1.54, 1.807) is 27.5 Å². The number of piperidine rings is 1. The molecule has 0 spiro atoms. The van der Waals surface area contributed by atoms with Crippen LogP contribution in [-0.4, -0.2) is 66.3 Å². The van der Waals surface area contributed by atoms with Crippen molar-refractivity contribution in [1.29, 1.82) is 0 Å². The van der Waals surface area contributed by atoms with Gasteiger partial charge in [-0.2, -0.15) is 0 Å². The summed E-state index contributed by atoms with van der Waals surface area (Å²) in [5.41, 5.74) is 1.38. The molecule has 1 aliphatic rings. The van der Waals surface area contributed by atoms with Crippen LogP contribution in [0.1, 0.15) is 48.8 Å². The summed E-state index contributed by atoms with van der Waals surface area (Å²) < 4.78 is 18.3. The lowest BCUT2D eigenvalue weighted by molar-refractivity contribution is 0.0938. The lowest BCUT2D eigenvalue weighted by atomic mass is 10.0. The van der Waals surface area contributed by atoms with Crippen molar-refractivity contribution in [2.24, 2.45) is 0 Å². The molecule has 0 aliphatic carbocycles. The van der Waals surface area contributed by atoms with Gasteiger partial charge in [-0.25, -0.2) is 4.68 Å². The molecule has 1 amide bonds. The molecule has 0 bridgehead atoms. The van der Waals surface area contributed by atoms with E-state index in [1.807, 2.05) is 30.7 Å². The number of ether oxygens (including phenoxy) is 3. The molecular formula is C21H31N5O4. The maximum absolute atomic E-state index is 12.2. The van der Waals surface area contributed by atoms with Gasteiger partial charge in [0.05, 0.1) is 33.6 Å². The standard InChI is InChI=1S/C21H31N5O4/c1-14(2)22-21(27)17-13-26(24-23-17)16-7-6-10-25(12-16)11-15-8-9-18(28-3)20(30-5)19(15)29-4/h8-9,13-14,16H,6-7,10-12H2,1-5H3,(H,22,27)/t16-/m0/s1. The fourth-order valence-electron chi connectivity index (χ4n) is 3.81. The zero-order valence-electron chi connectivity index (χ0n) is 18.3.